The van der Waals surface area contributed by atoms with Gasteiger partial charge in [-0.1, -0.05) is 176 Å². The molecule has 3 heterocycles. The molecule has 64 heavy (non-hydrogen) atoms. The number of fused-ring (bicyclic) bond motifs is 14. The van der Waals surface area contributed by atoms with Crippen LogP contribution in [0.3, 0.4) is 0 Å². The van der Waals surface area contributed by atoms with Crippen LogP contribution >= 0.6 is 0 Å². The molecule has 8 aromatic carbocycles. The van der Waals surface area contributed by atoms with Gasteiger partial charge in [-0.15, -0.1) is 0 Å². The van der Waals surface area contributed by atoms with Crippen molar-refractivity contribution in [2.45, 2.75) is 12.3 Å². The van der Waals surface area contributed by atoms with Gasteiger partial charge in [0.2, 0.25) is 0 Å². The number of nitrogens with zero attached hydrogens (tertiary/aromatic N) is 3. The monoisotopic (exact) mass is 819 g/mol. The zero-order valence-electron chi connectivity index (χ0n) is 34.8. The number of hydrogen-bond acceptors (Lipinski definition) is 5. The summed E-state index contributed by atoms with van der Waals surface area (Å²) in [5.41, 5.74) is 17.8. The molecule has 11 aromatic rings. The van der Waals surface area contributed by atoms with Crippen LogP contribution in [0.25, 0.3) is 113 Å². The van der Waals surface area contributed by atoms with E-state index in [-0.39, 0.29) is 0 Å². The molecule has 0 radical (unpaired) electrons. The normalized spacial score (nSPS) is 13.2. The van der Waals surface area contributed by atoms with Crippen LogP contribution in [0.2, 0.25) is 0 Å². The molecule has 2 aliphatic rings. The first kappa shape index (κ1) is 36.3. The highest BCUT2D eigenvalue weighted by Gasteiger charge is 2.52. The minimum atomic E-state index is -0.463. The van der Waals surface area contributed by atoms with E-state index in [1.54, 1.807) is 6.08 Å². The van der Waals surface area contributed by atoms with Gasteiger partial charge >= 0.3 is 0 Å². The van der Waals surface area contributed by atoms with Crippen LogP contribution in [0.1, 0.15) is 40.5 Å². The molecular weight excluding hydrogens is 783 g/mol. The summed E-state index contributed by atoms with van der Waals surface area (Å²) in [4.78, 5) is 15.6. The number of hydrogen-bond donors (Lipinski definition) is 0. The van der Waals surface area contributed by atoms with Crippen molar-refractivity contribution in [2.75, 3.05) is 0 Å². The molecule has 3 aromatic heterocycles. The molecular formula is C59H37N3O2. The molecule has 5 nitrogen and oxygen atoms in total. The van der Waals surface area contributed by atoms with Crippen molar-refractivity contribution in [1.82, 2.24) is 15.0 Å². The molecule has 300 valence electrons. The zero-order valence-corrected chi connectivity index (χ0v) is 34.8. The van der Waals surface area contributed by atoms with Gasteiger partial charge in [-0.25, -0.2) is 15.0 Å². The van der Waals surface area contributed by atoms with Gasteiger partial charge in [0.1, 0.15) is 22.5 Å². The summed E-state index contributed by atoms with van der Waals surface area (Å²) >= 11 is 0. The second-order valence-corrected chi connectivity index (χ2v) is 16.5. The van der Waals surface area contributed by atoms with Gasteiger partial charge in [0.05, 0.1) is 16.5 Å². The fourth-order valence-electron chi connectivity index (χ4n) is 10.7. The third kappa shape index (κ3) is 4.98. The lowest BCUT2D eigenvalue weighted by Crippen LogP contribution is -2.26. The summed E-state index contributed by atoms with van der Waals surface area (Å²) in [5.74, 6) is 2.24. The van der Waals surface area contributed by atoms with Crippen LogP contribution in [0.4, 0.5) is 0 Å². The fourth-order valence-corrected chi connectivity index (χ4v) is 10.7. The number of para-hydroxylation sites is 3. The van der Waals surface area contributed by atoms with Crippen LogP contribution in [0.15, 0.2) is 197 Å². The fraction of sp³-hybridized carbons (Fsp3) is 0.0339. The Balaban J connectivity index is 1.01. The zero-order chi connectivity index (χ0) is 42.5. The second-order valence-electron chi connectivity index (χ2n) is 16.5. The van der Waals surface area contributed by atoms with Crippen LogP contribution in [-0.4, -0.2) is 15.0 Å². The molecule has 1 spiro atoms. The number of rotatable bonds is 6. The lowest BCUT2D eigenvalue weighted by Gasteiger charge is -2.32. The van der Waals surface area contributed by atoms with Crippen molar-refractivity contribution in [2.24, 2.45) is 0 Å². The smallest absolute Gasteiger partial charge is 0.167 e. The van der Waals surface area contributed by atoms with Gasteiger partial charge in [-0.2, -0.15) is 0 Å². The maximum Gasteiger partial charge on any atom is 0.167 e. The minimum Gasteiger partial charge on any atom is -0.455 e. The number of allylic oxidation sites excluding steroid dienone is 1. The summed E-state index contributed by atoms with van der Waals surface area (Å²) in [6.45, 7) is 6.04. The molecule has 0 saturated heterocycles. The first-order valence-electron chi connectivity index (χ1n) is 21.7. The number of aromatic nitrogens is 3. The van der Waals surface area contributed by atoms with E-state index >= 15 is 0 Å². The molecule has 0 fully saturated rings. The topological polar surface area (TPSA) is 65.0 Å². The van der Waals surface area contributed by atoms with Crippen LogP contribution in [0, 0.1) is 0 Å². The predicted molar refractivity (Wildman–Crippen MR) is 260 cm³/mol. The summed E-state index contributed by atoms with van der Waals surface area (Å²) < 4.78 is 13.0. The Kier molecular flexibility index (Phi) is 7.82. The molecule has 5 heteroatoms. The molecule has 0 unspecified atom stereocenters. The van der Waals surface area contributed by atoms with Gasteiger partial charge in [0.25, 0.3) is 0 Å². The van der Waals surface area contributed by atoms with Crippen molar-refractivity contribution in [3.05, 3.63) is 222 Å². The summed E-state index contributed by atoms with van der Waals surface area (Å²) in [6, 6.07) is 62.6. The minimum absolute atomic E-state index is 0.463. The Morgan fingerprint density at radius 3 is 1.58 bits per heavy atom. The average molecular weight is 820 g/mol. The molecule has 0 bridgehead atoms. The second kappa shape index (κ2) is 13.8. The van der Waals surface area contributed by atoms with Crippen molar-refractivity contribution in [3.63, 3.8) is 0 Å². The molecule has 0 aliphatic heterocycles. The third-order valence-corrected chi connectivity index (χ3v) is 13.3. The van der Waals surface area contributed by atoms with E-state index in [2.05, 4.69) is 140 Å². The molecule has 13 rings (SSSR count). The van der Waals surface area contributed by atoms with Crippen LogP contribution in [0.5, 0.6) is 0 Å². The van der Waals surface area contributed by atoms with Crippen LogP contribution in [-0.2, 0) is 5.41 Å². The van der Waals surface area contributed by atoms with Gasteiger partial charge in [-0.05, 0) is 86.8 Å². The van der Waals surface area contributed by atoms with Gasteiger partial charge in [0, 0.05) is 27.3 Å². The molecule has 0 atom stereocenters. The Bertz CT molecular complexity index is 3710. The van der Waals surface area contributed by atoms with Crippen molar-refractivity contribution in [1.29, 1.82) is 0 Å². The molecule has 0 saturated carbocycles. The van der Waals surface area contributed by atoms with Gasteiger partial charge in [0.15, 0.2) is 17.5 Å². The van der Waals surface area contributed by atoms with Gasteiger partial charge < -0.3 is 8.83 Å². The van der Waals surface area contributed by atoms with Crippen molar-refractivity contribution >= 4 is 45.1 Å². The van der Waals surface area contributed by atoms with Gasteiger partial charge in [-0.3, -0.25) is 0 Å². The first-order chi connectivity index (χ1) is 31.6. The SMILES string of the molecule is C=Cc1oc2c(-c3nc(-c4ccc(-c5cccc6c5C5(c7ccccc7-c7ccccc75)c5ccccc5-6)cc4)nc(-c4cccc5c4oc4ccccc45)n3)cccc2c1/C=C\C. The van der Waals surface area contributed by atoms with E-state index in [4.69, 9.17) is 23.8 Å². The first-order valence-corrected chi connectivity index (χ1v) is 21.7. The summed E-state index contributed by atoms with van der Waals surface area (Å²) in [6.07, 6.45) is 5.81. The molecule has 0 amide bonds. The molecule has 0 N–H and O–H groups in total. The van der Waals surface area contributed by atoms with Crippen molar-refractivity contribution < 1.29 is 8.83 Å². The standard InChI is InChI=1S/C59H37N3O2/c1-3-16-41-44-23-14-25-46(54(44)63-51(41)4-2)57-60-56(61-58(62-57)47-26-15-24-45-42-20-8-12-30-52(42)64-55(45)47)36-33-31-35(32-34-36)37-21-13-22-43-40-19-7-11-29-50(40)59(53(37)43)48-27-9-5-17-38(48)39-18-6-10-28-49(39)59/h3-34H,2H2,1H3/b16-3-. The summed E-state index contributed by atoms with van der Waals surface area (Å²) in [5, 5.41) is 3.00. The largest absolute Gasteiger partial charge is 0.455 e. The summed E-state index contributed by atoms with van der Waals surface area (Å²) in [7, 11) is 0. The van der Waals surface area contributed by atoms with E-state index in [0.29, 0.717) is 28.8 Å². The Morgan fingerprint density at radius 1 is 0.438 bits per heavy atom. The highest BCUT2D eigenvalue weighted by atomic mass is 16.3. The lowest BCUT2D eigenvalue weighted by molar-refractivity contribution is 0.604. The maximum absolute atomic E-state index is 6.53. The third-order valence-electron chi connectivity index (χ3n) is 13.3. The highest BCUT2D eigenvalue weighted by Crippen LogP contribution is 2.64. The Labute approximate surface area is 369 Å². The van der Waals surface area contributed by atoms with E-state index in [1.165, 1.54) is 50.1 Å². The van der Waals surface area contributed by atoms with E-state index in [1.807, 2.05) is 61.5 Å². The molecule has 2 aliphatic carbocycles. The van der Waals surface area contributed by atoms with E-state index in [0.717, 1.165) is 55.1 Å². The number of furan rings is 2. The highest BCUT2D eigenvalue weighted by molar-refractivity contribution is 6.09. The Hall–Kier alpha value is -8.41. The maximum atomic E-state index is 6.53. The Morgan fingerprint density at radius 2 is 0.922 bits per heavy atom. The predicted octanol–water partition coefficient (Wildman–Crippen LogP) is 15.2. The lowest BCUT2D eigenvalue weighted by atomic mass is 9.68. The average Bonchev–Trinajstić information content (AvgIpc) is 4.09. The van der Waals surface area contributed by atoms with Crippen LogP contribution < -0.4 is 0 Å². The number of benzene rings is 8. The van der Waals surface area contributed by atoms with E-state index in [9.17, 15) is 0 Å². The van der Waals surface area contributed by atoms with Crippen molar-refractivity contribution in [3.8, 4) is 67.5 Å². The quantitative estimate of drug-likeness (QED) is 0.167. The van der Waals surface area contributed by atoms with E-state index < -0.39 is 5.41 Å².